The van der Waals surface area contributed by atoms with Gasteiger partial charge in [0.1, 0.15) is 5.54 Å². The Hall–Kier alpha value is -2.57. The highest BCUT2D eigenvalue weighted by Crippen LogP contribution is 2.33. The van der Waals surface area contributed by atoms with Gasteiger partial charge in [-0.1, -0.05) is 6.07 Å². The van der Waals surface area contributed by atoms with Crippen LogP contribution in [0.25, 0.3) is 0 Å². The quantitative estimate of drug-likeness (QED) is 0.685. The number of aromatic nitrogens is 2. The topological polar surface area (TPSA) is 80.9 Å². The van der Waals surface area contributed by atoms with E-state index >= 15 is 0 Å². The van der Waals surface area contributed by atoms with Crippen LogP contribution in [0.4, 0.5) is 0 Å². The molecular weight excluding hydrogens is 332 g/mol. The highest BCUT2D eigenvalue weighted by atomic mass is 32.1. The summed E-state index contributed by atoms with van der Waals surface area (Å²) in [5.74, 6) is -0.390. The largest absolute Gasteiger partial charge is 0.368 e. The van der Waals surface area contributed by atoms with Crippen molar-refractivity contribution >= 4 is 17.2 Å². The van der Waals surface area contributed by atoms with Crippen LogP contribution in [0.1, 0.15) is 21.6 Å². The zero-order valence-corrected chi connectivity index (χ0v) is 14.8. The summed E-state index contributed by atoms with van der Waals surface area (Å²) < 4.78 is 0. The van der Waals surface area contributed by atoms with Gasteiger partial charge in [-0.2, -0.15) is 0 Å². The van der Waals surface area contributed by atoms with Gasteiger partial charge in [-0.3, -0.25) is 20.1 Å². The molecule has 3 aromatic rings. The van der Waals surface area contributed by atoms with Crippen LogP contribution in [-0.4, -0.2) is 15.9 Å². The number of carbonyl (C=O) groups is 1. The summed E-state index contributed by atoms with van der Waals surface area (Å²) >= 11 is 1.54. The summed E-state index contributed by atoms with van der Waals surface area (Å²) in [6.45, 7) is 2.50. The van der Waals surface area contributed by atoms with Crippen molar-refractivity contribution in [2.45, 2.75) is 25.4 Å². The molecular formula is C19H20N4OS. The Morgan fingerprint density at radius 1 is 1.16 bits per heavy atom. The van der Waals surface area contributed by atoms with Gasteiger partial charge in [0.25, 0.3) is 0 Å². The second-order valence-corrected chi connectivity index (χ2v) is 6.87. The molecule has 128 valence electrons. The normalized spacial score (nSPS) is 13.3. The van der Waals surface area contributed by atoms with E-state index in [2.05, 4.69) is 15.3 Å². The van der Waals surface area contributed by atoms with Crippen LogP contribution in [0.15, 0.2) is 60.5 Å². The molecule has 3 heterocycles. The van der Waals surface area contributed by atoms with Gasteiger partial charge in [0.2, 0.25) is 5.91 Å². The molecule has 6 heteroatoms. The fourth-order valence-corrected chi connectivity index (χ4v) is 3.99. The molecule has 0 radical (unpaired) electrons. The number of primary amides is 1. The summed E-state index contributed by atoms with van der Waals surface area (Å²) in [5.41, 5.74) is 7.99. The minimum absolute atomic E-state index is 0.390. The number of amides is 1. The maximum absolute atomic E-state index is 12.6. The lowest BCUT2D eigenvalue weighted by Crippen LogP contribution is -2.53. The van der Waals surface area contributed by atoms with Crippen LogP contribution in [-0.2, 0) is 23.3 Å². The van der Waals surface area contributed by atoms with Gasteiger partial charge < -0.3 is 5.73 Å². The summed E-state index contributed by atoms with van der Waals surface area (Å²) in [6, 6.07) is 9.68. The standard InChI is InChI=1S/C19H20N4OS/c1-14-6-10-25-17(14)19(18(20)24,11-15-4-8-21-9-5-15)23-13-16-3-2-7-22-12-16/h2-10,12,23H,11,13H2,1H3,(H2,20,24). The summed E-state index contributed by atoms with van der Waals surface area (Å²) in [4.78, 5) is 21.8. The Balaban J connectivity index is 1.99. The predicted octanol–water partition coefficient (Wildman–Crippen LogP) is 2.56. The average Bonchev–Trinajstić information content (AvgIpc) is 3.06. The van der Waals surface area contributed by atoms with Gasteiger partial charge >= 0.3 is 0 Å². The van der Waals surface area contributed by atoms with E-state index in [-0.39, 0.29) is 0 Å². The van der Waals surface area contributed by atoms with Crippen LogP contribution >= 0.6 is 11.3 Å². The van der Waals surface area contributed by atoms with Gasteiger partial charge in [-0.15, -0.1) is 11.3 Å². The Labute approximate surface area is 151 Å². The minimum atomic E-state index is -0.977. The van der Waals surface area contributed by atoms with Crippen molar-refractivity contribution in [3.05, 3.63) is 82.1 Å². The highest BCUT2D eigenvalue weighted by molar-refractivity contribution is 7.10. The van der Waals surface area contributed by atoms with Crippen molar-refractivity contribution in [2.75, 3.05) is 0 Å². The summed E-state index contributed by atoms with van der Waals surface area (Å²) in [7, 11) is 0. The molecule has 0 aliphatic heterocycles. The molecule has 3 rings (SSSR count). The molecule has 3 N–H and O–H groups in total. The van der Waals surface area contributed by atoms with E-state index in [4.69, 9.17) is 5.73 Å². The average molecular weight is 352 g/mol. The number of nitrogens with zero attached hydrogens (tertiary/aromatic N) is 2. The van der Waals surface area contributed by atoms with Crippen molar-refractivity contribution < 1.29 is 4.79 Å². The van der Waals surface area contributed by atoms with Crippen molar-refractivity contribution in [2.24, 2.45) is 5.73 Å². The SMILES string of the molecule is Cc1ccsc1C(Cc1ccncc1)(NCc1cccnc1)C(N)=O. The van der Waals surface area contributed by atoms with Crippen LogP contribution < -0.4 is 11.1 Å². The van der Waals surface area contributed by atoms with E-state index in [1.165, 1.54) is 0 Å². The Kier molecular flexibility index (Phi) is 5.21. The molecule has 5 nitrogen and oxygen atoms in total. The first-order chi connectivity index (χ1) is 12.1. The van der Waals surface area contributed by atoms with E-state index in [1.54, 1.807) is 36.1 Å². The third-order valence-corrected chi connectivity index (χ3v) is 5.38. The Morgan fingerprint density at radius 3 is 2.56 bits per heavy atom. The van der Waals surface area contributed by atoms with E-state index in [0.717, 1.165) is 21.6 Å². The van der Waals surface area contributed by atoms with Gasteiger partial charge in [-0.05, 0) is 53.3 Å². The lowest BCUT2D eigenvalue weighted by molar-refractivity contribution is -0.124. The van der Waals surface area contributed by atoms with Crippen molar-refractivity contribution in [1.29, 1.82) is 0 Å². The smallest absolute Gasteiger partial charge is 0.243 e. The fourth-order valence-electron chi connectivity index (χ4n) is 2.88. The molecule has 0 aliphatic carbocycles. The molecule has 3 aromatic heterocycles. The zero-order chi connectivity index (χ0) is 17.7. The first-order valence-electron chi connectivity index (χ1n) is 7.99. The van der Waals surface area contributed by atoms with Crippen molar-refractivity contribution in [1.82, 2.24) is 15.3 Å². The van der Waals surface area contributed by atoms with E-state index < -0.39 is 11.4 Å². The first-order valence-corrected chi connectivity index (χ1v) is 8.87. The second-order valence-electron chi connectivity index (χ2n) is 5.95. The van der Waals surface area contributed by atoms with Crippen LogP contribution in [0.2, 0.25) is 0 Å². The maximum Gasteiger partial charge on any atom is 0.243 e. The van der Waals surface area contributed by atoms with Crippen molar-refractivity contribution in [3.63, 3.8) is 0 Å². The number of hydrogen-bond acceptors (Lipinski definition) is 5. The lowest BCUT2D eigenvalue weighted by atomic mass is 9.86. The molecule has 0 fully saturated rings. The summed E-state index contributed by atoms with van der Waals surface area (Å²) in [6.07, 6.45) is 7.43. The molecule has 0 spiro atoms. The number of nitrogens with two attached hydrogens (primary N) is 1. The Morgan fingerprint density at radius 2 is 1.96 bits per heavy atom. The number of nitrogens with one attached hydrogen (secondary N) is 1. The third kappa shape index (κ3) is 3.75. The lowest BCUT2D eigenvalue weighted by Gasteiger charge is -2.32. The molecule has 0 saturated heterocycles. The number of hydrogen-bond donors (Lipinski definition) is 2. The van der Waals surface area contributed by atoms with Gasteiger partial charge in [-0.25, -0.2) is 0 Å². The number of carbonyl (C=O) groups excluding carboxylic acids is 1. The van der Waals surface area contributed by atoms with E-state index in [9.17, 15) is 4.79 Å². The highest BCUT2D eigenvalue weighted by Gasteiger charge is 2.40. The zero-order valence-electron chi connectivity index (χ0n) is 14.0. The van der Waals surface area contributed by atoms with Crippen molar-refractivity contribution in [3.8, 4) is 0 Å². The monoisotopic (exact) mass is 352 g/mol. The molecule has 0 bridgehead atoms. The second kappa shape index (κ2) is 7.55. The molecule has 0 aliphatic rings. The van der Waals surface area contributed by atoms with Gasteiger partial charge in [0.15, 0.2) is 0 Å². The van der Waals surface area contributed by atoms with E-state index in [1.807, 2.05) is 42.6 Å². The van der Waals surface area contributed by atoms with Crippen LogP contribution in [0.3, 0.4) is 0 Å². The molecule has 1 amide bonds. The minimum Gasteiger partial charge on any atom is -0.368 e. The van der Waals surface area contributed by atoms with Crippen LogP contribution in [0.5, 0.6) is 0 Å². The molecule has 0 aromatic carbocycles. The number of rotatable bonds is 7. The molecule has 1 atom stereocenters. The maximum atomic E-state index is 12.6. The first kappa shape index (κ1) is 17.3. The van der Waals surface area contributed by atoms with E-state index in [0.29, 0.717) is 13.0 Å². The summed E-state index contributed by atoms with van der Waals surface area (Å²) in [5, 5.41) is 5.40. The molecule has 0 saturated carbocycles. The molecule has 25 heavy (non-hydrogen) atoms. The van der Waals surface area contributed by atoms with Crippen LogP contribution in [0, 0.1) is 6.92 Å². The van der Waals surface area contributed by atoms with Gasteiger partial charge in [0, 0.05) is 42.6 Å². The van der Waals surface area contributed by atoms with Gasteiger partial charge in [0.05, 0.1) is 0 Å². The Bertz CT molecular complexity index is 835. The number of aryl methyl sites for hydroxylation is 1. The third-order valence-electron chi connectivity index (χ3n) is 4.21. The fraction of sp³-hybridized carbons (Fsp3) is 0.211. The molecule has 1 unspecified atom stereocenters. The number of thiophene rings is 1. The number of pyridine rings is 2. The predicted molar refractivity (Wildman–Crippen MR) is 98.9 cm³/mol.